The third kappa shape index (κ3) is 3.69. The molecule has 3 amide bonds. The van der Waals surface area contributed by atoms with Crippen LogP contribution in [-0.4, -0.2) is 41.8 Å². The van der Waals surface area contributed by atoms with Crippen molar-refractivity contribution in [2.75, 3.05) is 19.9 Å². The van der Waals surface area contributed by atoms with Gasteiger partial charge in [0.2, 0.25) is 6.79 Å². The lowest BCUT2D eigenvalue weighted by Crippen LogP contribution is -2.37. The van der Waals surface area contributed by atoms with E-state index in [0.717, 1.165) is 21.5 Å². The number of nitrogens with zero attached hydrogens (tertiary/aromatic N) is 1. The van der Waals surface area contributed by atoms with Crippen molar-refractivity contribution in [3.8, 4) is 11.5 Å². The molecule has 0 radical (unpaired) electrons. The Morgan fingerprint density at radius 1 is 1.22 bits per heavy atom. The Bertz CT molecular complexity index is 939. The molecule has 0 spiro atoms. The van der Waals surface area contributed by atoms with Crippen LogP contribution in [0.5, 0.6) is 11.5 Å². The third-order valence-corrected chi connectivity index (χ3v) is 5.67. The molecule has 1 aromatic carbocycles. The van der Waals surface area contributed by atoms with Gasteiger partial charge in [-0.2, -0.15) is 0 Å². The average Bonchev–Trinajstić information content (AvgIpc) is 3.38. The van der Waals surface area contributed by atoms with E-state index in [9.17, 15) is 14.4 Å². The minimum absolute atomic E-state index is 0.114. The fraction of sp³-hybridized carbons (Fsp3) is 0.167. The number of thioether (sulfide) groups is 1. The lowest BCUT2D eigenvalue weighted by molar-refractivity contribution is -0.122. The van der Waals surface area contributed by atoms with E-state index in [2.05, 4.69) is 5.32 Å². The fourth-order valence-electron chi connectivity index (χ4n) is 2.62. The molecular weight excluding hydrogens is 388 g/mol. The van der Waals surface area contributed by atoms with Crippen LogP contribution in [0.2, 0.25) is 0 Å². The van der Waals surface area contributed by atoms with Gasteiger partial charge >= 0.3 is 0 Å². The van der Waals surface area contributed by atoms with E-state index >= 15 is 0 Å². The number of fused-ring (bicyclic) bond motifs is 1. The molecule has 2 aromatic rings. The monoisotopic (exact) mass is 402 g/mol. The van der Waals surface area contributed by atoms with Gasteiger partial charge in [-0.25, -0.2) is 0 Å². The molecule has 7 nitrogen and oxygen atoms in total. The Balaban J connectivity index is 1.34. The van der Waals surface area contributed by atoms with E-state index in [4.69, 9.17) is 9.47 Å². The van der Waals surface area contributed by atoms with Gasteiger partial charge in [0.25, 0.3) is 17.1 Å². The summed E-state index contributed by atoms with van der Waals surface area (Å²) in [5.41, 5.74) is 0.422. The predicted molar refractivity (Wildman–Crippen MR) is 102 cm³/mol. The standard InChI is InChI=1S/C18H14N2O5S2/c21-16(11-3-4-13-14(8-11)25-10-24-13)19-5-6-20-17(22)15(27-18(20)23)9-12-2-1-7-26-12/h1-4,7-9H,5-6,10H2,(H,19,21)/b15-9+. The van der Waals surface area contributed by atoms with E-state index in [1.165, 1.54) is 11.3 Å². The number of hydrogen-bond donors (Lipinski definition) is 1. The molecule has 0 aliphatic carbocycles. The molecular formula is C18H14N2O5S2. The summed E-state index contributed by atoms with van der Waals surface area (Å²) in [5.74, 6) is 0.472. The highest BCUT2D eigenvalue weighted by atomic mass is 32.2. The Morgan fingerprint density at radius 2 is 2.07 bits per heavy atom. The Hall–Kier alpha value is -2.78. The SMILES string of the molecule is O=C(NCCN1C(=O)S/C(=C/c2cccs2)C1=O)c1ccc2c(c1)OCO2. The van der Waals surface area contributed by atoms with Crippen LogP contribution >= 0.6 is 23.1 Å². The van der Waals surface area contributed by atoms with Crippen LogP contribution in [0.4, 0.5) is 4.79 Å². The van der Waals surface area contributed by atoms with Crippen LogP contribution in [0.15, 0.2) is 40.6 Å². The molecule has 138 valence electrons. The zero-order valence-corrected chi connectivity index (χ0v) is 15.6. The van der Waals surface area contributed by atoms with E-state index in [0.29, 0.717) is 22.0 Å². The van der Waals surface area contributed by atoms with Gasteiger partial charge in [0, 0.05) is 23.5 Å². The van der Waals surface area contributed by atoms with Gasteiger partial charge in [-0.15, -0.1) is 11.3 Å². The number of benzene rings is 1. The second-order valence-electron chi connectivity index (χ2n) is 5.67. The number of rotatable bonds is 5. The Morgan fingerprint density at radius 3 is 2.89 bits per heavy atom. The van der Waals surface area contributed by atoms with Crippen molar-refractivity contribution >= 4 is 46.2 Å². The second kappa shape index (κ2) is 7.45. The van der Waals surface area contributed by atoms with E-state index in [1.54, 1.807) is 24.3 Å². The average molecular weight is 402 g/mol. The summed E-state index contributed by atoms with van der Waals surface area (Å²) in [4.78, 5) is 39.2. The van der Waals surface area contributed by atoms with Crippen molar-refractivity contribution < 1.29 is 23.9 Å². The fourth-order valence-corrected chi connectivity index (χ4v) is 4.20. The molecule has 2 aliphatic heterocycles. The first-order valence-corrected chi connectivity index (χ1v) is 9.78. The summed E-state index contributed by atoms with van der Waals surface area (Å²) in [6.45, 7) is 0.416. The number of carbonyl (C=O) groups is 3. The molecule has 27 heavy (non-hydrogen) atoms. The highest BCUT2D eigenvalue weighted by molar-refractivity contribution is 8.18. The molecule has 2 aliphatic rings. The number of amides is 3. The van der Waals surface area contributed by atoms with Crippen LogP contribution in [0.3, 0.4) is 0 Å². The highest BCUT2D eigenvalue weighted by Gasteiger charge is 2.34. The molecule has 1 aromatic heterocycles. The minimum atomic E-state index is -0.337. The summed E-state index contributed by atoms with van der Waals surface area (Å²) < 4.78 is 10.5. The van der Waals surface area contributed by atoms with Crippen molar-refractivity contribution in [1.82, 2.24) is 10.2 Å². The summed E-state index contributed by atoms with van der Waals surface area (Å²) in [5, 5.41) is 4.28. The molecule has 1 N–H and O–H groups in total. The largest absolute Gasteiger partial charge is 0.454 e. The molecule has 4 rings (SSSR count). The van der Waals surface area contributed by atoms with Crippen molar-refractivity contribution in [2.24, 2.45) is 0 Å². The number of imide groups is 1. The topological polar surface area (TPSA) is 84.9 Å². The van der Waals surface area contributed by atoms with Gasteiger partial charge in [0.05, 0.1) is 4.91 Å². The molecule has 0 unspecified atom stereocenters. The number of hydrogen-bond acceptors (Lipinski definition) is 7. The first-order chi connectivity index (χ1) is 13.1. The summed E-state index contributed by atoms with van der Waals surface area (Å²) in [7, 11) is 0. The first-order valence-electron chi connectivity index (χ1n) is 8.08. The summed E-state index contributed by atoms with van der Waals surface area (Å²) >= 11 is 2.40. The zero-order chi connectivity index (χ0) is 18.8. The number of ether oxygens (including phenoxy) is 2. The van der Waals surface area contributed by atoms with Crippen LogP contribution in [0.25, 0.3) is 6.08 Å². The molecule has 1 saturated heterocycles. The number of thiophene rings is 1. The van der Waals surface area contributed by atoms with E-state index in [1.807, 2.05) is 17.5 Å². The Kier molecular flexibility index (Phi) is 4.87. The van der Waals surface area contributed by atoms with Crippen LogP contribution in [0, 0.1) is 0 Å². The number of nitrogens with one attached hydrogen (secondary N) is 1. The highest BCUT2D eigenvalue weighted by Crippen LogP contribution is 2.33. The smallest absolute Gasteiger partial charge is 0.293 e. The van der Waals surface area contributed by atoms with Crippen LogP contribution < -0.4 is 14.8 Å². The summed E-state index contributed by atoms with van der Waals surface area (Å²) in [6.07, 6.45) is 1.71. The molecule has 0 atom stereocenters. The van der Waals surface area contributed by atoms with Gasteiger partial charge in [-0.1, -0.05) is 6.07 Å². The van der Waals surface area contributed by atoms with E-state index < -0.39 is 0 Å². The maximum atomic E-state index is 12.4. The molecule has 0 saturated carbocycles. The summed E-state index contributed by atoms with van der Waals surface area (Å²) in [6, 6.07) is 8.66. The lowest BCUT2D eigenvalue weighted by atomic mass is 10.2. The molecule has 3 heterocycles. The van der Waals surface area contributed by atoms with Gasteiger partial charge < -0.3 is 14.8 Å². The maximum absolute atomic E-state index is 12.4. The lowest BCUT2D eigenvalue weighted by Gasteiger charge is -2.13. The van der Waals surface area contributed by atoms with Gasteiger partial charge in [0.1, 0.15) is 0 Å². The van der Waals surface area contributed by atoms with Gasteiger partial charge in [-0.3, -0.25) is 19.3 Å². The third-order valence-electron chi connectivity index (χ3n) is 3.95. The maximum Gasteiger partial charge on any atom is 0.293 e. The van der Waals surface area contributed by atoms with Crippen molar-refractivity contribution in [1.29, 1.82) is 0 Å². The van der Waals surface area contributed by atoms with Crippen molar-refractivity contribution in [3.63, 3.8) is 0 Å². The first kappa shape index (κ1) is 17.6. The normalized spacial score (nSPS) is 17.0. The van der Waals surface area contributed by atoms with E-state index in [-0.39, 0.29) is 36.9 Å². The molecule has 9 heteroatoms. The van der Waals surface area contributed by atoms with Gasteiger partial charge in [-0.05, 0) is 47.5 Å². The minimum Gasteiger partial charge on any atom is -0.454 e. The predicted octanol–water partition coefficient (Wildman–Crippen LogP) is 2.94. The van der Waals surface area contributed by atoms with Crippen molar-refractivity contribution in [2.45, 2.75) is 0 Å². The zero-order valence-electron chi connectivity index (χ0n) is 14.0. The molecule has 1 fully saturated rings. The van der Waals surface area contributed by atoms with Crippen molar-refractivity contribution in [3.05, 3.63) is 51.1 Å². The second-order valence-corrected chi connectivity index (χ2v) is 7.65. The molecule has 0 bridgehead atoms. The van der Waals surface area contributed by atoms with Gasteiger partial charge in [0.15, 0.2) is 11.5 Å². The number of carbonyl (C=O) groups excluding carboxylic acids is 3. The van der Waals surface area contributed by atoms with Crippen LogP contribution in [0.1, 0.15) is 15.2 Å². The Labute approximate surface area is 162 Å². The quantitative estimate of drug-likeness (QED) is 0.774. The van der Waals surface area contributed by atoms with Crippen LogP contribution in [-0.2, 0) is 4.79 Å².